The Morgan fingerprint density at radius 3 is 1.93 bits per heavy atom. The van der Waals surface area contributed by atoms with Crippen molar-refractivity contribution in [3.05, 3.63) is 119 Å². The van der Waals surface area contributed by atoms with Crippen LogP contribution in [0.3, 0.4) is 0 Å². The van der Waals surface area contributed by atoms with E-state index in [1.165, 1.54) is 0 Å². The van der Waals surface area contributed by atoms with Crippen LogP contribution in [-0.2, 0) is 4.79 Å². The molecule has 0 radical (unpaired) electrons. The number of amides is 3. The van der Waals surface area contributed by atoms with Gasteiger partial charge in [-0.3, -0.25) is 10.2 Å². The van der Waals surface area contributed by atoms with Crippen molar-refractivity contribution in [3.8, 4) is 0 Å². The number of anilines is 4. The Labute approximate surface area is 260 Å². The fourth-order valence-corrected chi connectivity index (χ4v) is 3.94. The van der Waals surface area contributed by atoms with Crippen LogP contribution in [0.5, 0.6) is 0 Å². The number of carbonyl (C=O) groups is 3. The zero-order valence-electron chi connectivity index (χ0n) is 23.6. The number of alkyl halides is 3. The van der Waals surface area contributed by atoms with Crippen molar-refractivity contribution >= 4 is 58.1 Å². The number of urea groups is 1. The molecule has 0 spiro atoms. The molecule has 0 saturated carbocycles. The van der Waals surface area contributed by atoms with Gasteiger partial charge in [-0.2, -0.15) is 13.2 Å². The van der Waals surface area contributed by atoms with E-state index < -0.39 is 18.2 Å². The number of rotatable bonds is 8. The SMILES string of the molecule is CC(Nc1ccccc1NC(=O)Nc1ccc(C(=N)N)cc1)c1ccc(C(=O)Nc2cccc(Cl)c2)cc1.O=C(O)C(F)(F)F. The third-order valence-electron chi connectivity index (χ3n) is 6.00. The molecule has 10 nitrogen and oxygen atoms in total. The van der Waals surface area contributed by atoms with Crippen LogP contribution < -0.4 is 27.0 Å². The Morgan fingerprint density at radius 1 is 0.800 bits per heavy atom. The molecular formula is C31H28ClF3N6O4. The van der Waals surface area contributed by atoms with E-state index >= 15 is 0 Å². The van der Waals surface area contributed by atoms with E-state index in [1.54, 1.807) is 66.7 Å². The molecule has 4 rings (SSSR count). The quantitative estimate of drug-likeness (QED) is 0.0785. The van der Waals surface area contributed by atoms with Crippen molar-refractivity contribution in [1.82, 2.24) is 0 Å². The van der Waals surface area contributed by atoms with E-state index in [2.05, 4.69) is 21.3 Å². The smallest absolute Gasteiger partial charge is 0.475 e. The van der Waals surface area contributed by atoms with Gasteiger partial charge in [0.05, 0.1) is 11.4 Å². The Kier molecular flexibility index (Phi) is 11.5. The minimum Gasteiger partial charge on any atom is -0.475 e. The maximum absolute atomic E-state index is 12.6. The zero-order valence-corrected chi connectivity index (χ0v) is 24.3. The molecule has 0 aliphatic rings. The van der Waals surface area contributed by atoms with Gasteiger partial charge in [-0.15, -0.1) is 0 Å². The van der Waals surface area contributed by atoms with E-state index in [9.17, 15) is 22.8 Å². The minimum atomic E-state index is -5.08. The number of aliphatic carboxylic acids is 1. The summed E-state index contributed by atoms with van der Waals surface area (Å²) in [4.78, 5) is 34.1. The number of carboxylic acid groups (broad SMARTS) is 1. The van der Waals surface area contributed by atoms with E-state index in [4.69, 9.17) is 32.6 Å². The summed E-state index contributed by atoms with van der Waals surface area (Å²) in [6.07, 6.45) is -5.08. The van der Waals surface area contributed by atoms with E-state index in [0.717, 1.165) is 11.3 Å². The van der Waals surface area contributed by atoms with Crippen LogP contribution in [0.2, 0.25) is 5.02 Å². The highest BCUT2D eigenvalue weighted by Crippen LogP contribution is 2.27. The number of benzene rings is 4. The molecule has 4 aromatic rings. The van der Waals surface area contributed by atoms with Crippen molar-refractivity contribution in [1.29, 1.82) is 5.41 Å². The number of hydrogen-bond donors (Lipinski definition) is 7. The van der Waals surface area contributed by atoms with Gasteiger partial charge >= 0.3 is 18.2 Å². The van der Waals surface area contributed by atoms with Gasteiger partial charge in [-0.05, 0) is 79.2 Å². The highest BCUT2D eigenvalue weighted by molar-refractivity contribution is 6.31. The van der Waals surface area contributed by atoms with Crippen LogP contribution in [0.25, 0.3) is 0 Å². The molecule has 8 N–H and O–H groups in total. The molecule has 1 unspecified atom stereocenters. The highest BCUT2D eigenvalue weighted by atomic mass is 35.5. The normalized spacial score (nSPS) is 11.2. The molecule has 0 aromatic heterocycles. The number of para-hydroxylation sites is 2. The molecule has 4 aromatic carbocycles. The summed E-state index contributed by atoms with van der Waals surface area (Å²) in [6.45, 7) is 1.99. The topological polar surface area (TPSA) is 169 Å². The van der Waals surface area contributed by atoms with Crippen LogP contribution in [0.15, 0.2) is 97.1 Å². The number of nitrogens with two attached hydrogens (primary N) is 1. The number of hydrogen-bond acceptors (Lipinski definition) is 5. The molecule has 0 heterocycles. The van der Waals surface area contributed by atoms with Crippen molar-refractivity contribution in [2.24, 2.45) is 5.73 Å². The summed E-state index contributed by atoms with van der Waals surface area (Å²) in [5.41, 5.74) is 10.1. The Hall–Kier alpha value is -5.56. The summed E-state index contributed by atoms with van der Waals surface area (Å²) in [6, 6.07) is 27.9. The maximum Gasteiger partial charge on any atom is 0.490 e. The minimum absolute atomic E-state index is 0.0365. The Balaban J connectivity index is 0.000000707. The van der Waals surface area contributed by atoms with Crippen molar-refractivity contribution in [2.75, 3.05) is 21.3 Å². The molecule has 1 atom stereocenters. The zero-order chi connectivity index (χ0) is 33.1. The van der Waals surface area contributed by atoms with Gasteiger partial charge in [0.15, 0.2) is 0 Å². The second kappa shape index (κ2) is 15.3. The number of nitrogen functional groups attached to an aromatic ring is 1. The fourth-order valence-electron chi connectivity index (χ4n) is 3.75. The van der Waals surface area contributed by atoms with Crippen molar-refractivity contribution < 1.29 is 32.7 Å². The number of amidine groups is 1. The lowest BCUT2D eigenvalue weighted by Crippen LogP contribution is -2.21. The van der Waals surface area contributed by atoms with Crippen LogP contribution in [0.4, 0.5) is 40.7 Å². The van der Waals surface area contributed by atoms with Gasteiger partial charge in [0.25, 0.3) is 5.91 Å². The summed E-state index contributed by atoms with van der Waals surface area (Å²) >= 11 is 5.99. The van der Waals surface area contributed by atoms with E-state index in [1.807, 2.05) is 37.3 Å². The molecule has 0 fully saturated rings. The molecular weight excluding hydrogens is 613 g/mol. The first-order valence-corrected chi connectivity index (χ1v) is 13.5. The molecule has 14 heteroatoms. The average molecular weight is 641 g/mol. The average Bonchev–Trinajstić information content (AvgIpc) is 2.98. The van der Waals surface area contributed by atoms with Crippen LogP contribution in [-0.4, -0.2) is 35.0 Å². The number of nitrogens with one attached hydrogen (secondary N) is 5. The van der Waals surface area contributed by atoms with Gasteiger partial charge in [0.1, 0.15) is 5.84 Å². The maximum atomic E-state index is 12.6. The van der Waals surface area contributed by atoms with Gasteiger partial charge < -0.3 is 32.1 Å². The van der Waals surface area contributed by atoms with Crippen LogP contribution in [0, 0.1) is 5.41 Å². The Bertz CT molecular complexity index is 1670. The second-order valence-corrected chi connectivity index (χ2v) is 9.81. The summed E-state index contributed by atoms with van der Waals surface area (Å²) in [7, 11) is 0. The van der Waals surface area contributed by atoms with Gasteiger partial charge in [-0.25, -0.2) is 9.59 Å². The summed E-state index contributed by atoms with van der Waals surface area (Å²) < 4.78 is 31.7. The summed E-state index contributed by atoms with van der Waals surface area (Å²) in [5.74, 6) is -3.02. The van der Waals surface area contributed by atoms with Crippen LogP contribution >= 0.6 is 11.6 Å². The first-order chi connectivity index (χ1) is 21.2. The molecule has 234 valence electrons. The molecule has 3 amide bonds. The lowest BCUT2D eigenvalue weighted by molar-refractivity contribution is -0.192. The fraction of sp³-hybridized carbons (Fsp3) is 0.0968. The monoisotopic (exact) mass is 640 g/mol. The highest BCUT2D eigenvalue weighted by Gasteiger charge is 2.38. The predicted molar refractivity (Wildman–Crippen MR) is 168 cm³/mol. The first kappa shape index (κ1) is 33.9. The Morgan fingerprint density at radius 2 is 1.38 bits per heavy atom. The van der Waals surface area contributed by atoms with E-state index in [0.29, 0.717) is 33.2 Å². The number of halogens is 4. The van der Waals surface area contributed by atoms with Gasteiger partial charge in [0.2, 0.25) is 0 Å². The lowest BCUT2D eigenvalue weighted by Gasteiger charge is -2.19. The molecule has 45 heavy (non-hydrogen) atoms. The van der Waals surface area contributed by atoms with Gasteiger partial charge in [0, 0.05) is 33.6 Å². The standard InChI is InChI=1S/C29H27ClN6O2.C2HF3O2/c1-18(19-9-11-21(12-10-19)28(37)34-24-6-4-5-22(30)17-24)33-25-7-2-3-8-26(25)36-29(38)35-23-15-13-20(14-16-23)27(31)32;3-2(4,5)1(6)7/h2-18,33H,1H3,(H3,31,32)(H,34,37)(H2,35,36,38);(H,6,7). The molecule has 0 aliphatic heterocycles. The first-order valence-electron chi connectivity index (χ1n) is 13.1. The predicted octanol–water partition coefficient (Wildman–Crippen LogP) is 7.33. The largest absolute Gasteiger partial charge is 0.490 e. The number of carboxylic acids is 1. The third kappa shape index (κ3) is 10.6. The lowest BCUT2D eigenvalue weighted by atomic mass is 10.0. The van der Waals surface area contributed by atoms with Crippen LogP contribution in [0.1, 0.15) is 34.5 Å². The molecule has 0 bridgehead atoms. The van der Waals surface area contributed by atoms with Gasteiger partial charge in [-0.1, -0.05) is 41.9 Å². The molecule has 0 saturated heterocycles. The third-order valence-corrected chi connectivity index (χ3v) is 6.23. The van der Waals surface area contributed by atoms with Crippen molar-refractivity contribution in [2.45, 2.75) is 19.1 Å². The van der Waals surface area contributed by atoms with Crippen molar-refractivity contribution in [3.63, 3.8) is 0 Å². The second-order valence-electron chi connectivity index (χ2n) is 9.37. The molecule has 0 aliphatic carbocycles. The summed E-state index contributed by atoms with van der Waals surface area (Å²) in [5, 5.41) is 27.0. The number of carbonyl (C=O) groups excluding carboxylic acids is 2. The van der Waals surface area contributed by atoms with E-state index in [-0.39, 0.29) is 17.8 Å².